The Morgan fingerprint density at radius 1 is 0.824 bits per heavy atom. The summed E-state index contributed by atoms with van der Waals surface area (Å²) in [6.07, 6.45) is 0. The first-order valence-corrected chi connectivity index (χ1v) is 5.44. The van der Waals surface area contributed by atoms with Crippen molar-refractivity contribution >= 4 is 28.9 Å². The molecule has 0 aliphatic rings. The Kier molecular flexibility index (Phi) is 3.22. The smallest absolute Gasteiger partial charge is 0.146 e. The molecule has 2 rings (SSSR count). The van der Waals surface area contributed by atoms with Crippen molar-refractivity contribution in [3.05, 3.63) is 52.0 Å². The minimum absolute atomic E-state index is 0.0705. The number of hydrogen-bond acceptors (Lipinski definition) is 1. The molecule has 0 bridgehead atoms. The molecule has 2 N–H and O–H groups in total. The molecule has 0 aliphatic heterocycles. The summed E-state index contributed by atoms with van der Waals surface area (Å²) in [7, 11) is 0. The lowest BCUT2D eigenvalue weighted by atomic mass is 10.0. The Bertz CT molecular complexity index is 565. The highest BCUT2D eigenvalue weighted by molar-refractivity contribution is 6.35. The maximum Gasteiger partial charge on any atom is 0.146 e. The summed E-state index contributed by atoms with van der Waals surface area (Å²) in [5, 5.41) is 0.702. The van der Waals surface area contributed by atoms with Crippen LogP contribution in [0, 0.1) is 11.6 Å². The molecular formula is C12H7Cl2F2N. The maximum atomic E-state index is 13.6. The van der Waals surface area contributed by atoms with Crippen LogP contribution in [-0.4, -0.2) is 0 Å². The zero-order valence-corrected chi connectivity index (χ0v) is 9.99. The standard InChI is InChI=1S/C12H7Cl2F2N/c13-7-1-6(2-8(14)3-7)9-4-11(16)12(17)5-10(9)15/h1-5H,17H2. The van der Waals surface area contributed by atoms with Gasteiger partial charge in [0.1, 0.15) is 11.6 Å². The number of nitrogen functional groups attached to an aromatic ring is 1. The van der Waals surface area contributed by atoms with E-state index in [1.165, 1.54) is 18.2 Å². The highest BCUT2D eigenvalue weighted by Gasteiger charge is 2.11. The summed E-state index contributed by atoms with van der Waals surface area (Å²) in [5.41, 5.74) is 5.50. The van der Waals surface area contributed by atoms with Crippen molar-refractivity contribution in [1.29, 1.82) is 0 Å². The fourth-order valence-corrected chi connectivity index (χ4v) is 2.02. The predicted octanol–water partition coefficient (Wildman–Crippen LogP) is 4.52. The van der Waals surface area contributed by atoms with Gasteiger partial charge >= 0.3 is 0 Å². The van der Waals surface area contributed by atoms with Crippen LogP contribution in [0.4, 0.5) is 14.5 Å². The summed E-state index contributed by atoms with van der Waals surface area (Å²) < 4.78 is 26.9. The first-order valence-electron chi connectivity index (χ1n) is 4.68. The van der Waals surface area contributed by atoms with Gasteiger partial charge in [-0.2, -0.15) is 0 Å². The van der Waals surface area contributed by atoms with Gasteiger partial charge < -0.3 is 5.73 Å². The Hall–Kier alpha value is -1.32. The number of anilines is 1. The van der Waals surface area contributed by atoms with Gasteiger partial charge in [-0.3, -0.25) is 0 Å². The van der Waals surface area contributed by atoms with E-state index in [0.717, 1.165) is 12.1 Å². The Morgan fingerprint density at radius 3 is 2.00 bits per heavy atom. The monoisotopic (exact) mass is 273 g/mol. The van der Waals surface area contributed by atoms with Crippen LogP contribution in [0.15, 0.2) is 30.3 Å². The maximum absolute atomic E-state index is 13.6. The van der Waals surface area contributed by atoms with E-state index in [-0.39, 0.29) is 11.3 Å². The number of benzene rings is 2. The van der Waals surface area contributed by atoms with Gasteiger partial charge in [0.25, 0.3) is 0 Å². The molecule has 0 saturated heterocycles. The van der Waals surface area contributed by atoms with Crippen molar-refractivity contribution in [3.8, 4) is 11.1 Å². The topological polar surface area (TPSA) is 26.0 Å². The summed E-state index contributed by atoms with van der Waals surface area (Å²) in [6, 6.07) is 6.47. The molecule has 0 amide bonds. The molecule has 88 valence electrons. The van der Waals surface area contributed by atoms with Crippen LogP contribution in [-0.2, 0) is 0 Å². The van der Waals surface area contributed by atoms with Gasteiger partial charge in [0.05, 0.1) is 5.69 Å². The molecule has 2 aromatic rings. The van der Waals surface area contributed by atoms with Gasteiger partial charge in [0.15, 0.2) is 0 Å². The fraction of sp³-hybridized carbons (Fsp3) is 0. The van der Waals surface area contributed by atoms with E-state index in [4.69, 9.17) is 28.9 Å². The lowest BCUT2D eigenvalue weighted by molar-refractivity contribution is 0.607. The van der Waals surface area contributed by atoms with Gasteiger partial charge in [-0.05, 0) is 29.8 Å². The van der Waals surface area contributed by atoms with Crippen LogP contribution in [0.3, 0.4) is 0 Å². The Morgan fingerprint density at radius 2 is 1.41 bits per heavy atom. The SMILES string of the molecule is Nc1cc(F)c(-c2cc(Cl)cc(Cl)c2)cc1F. The van der Waals surface area contributed by atoms with Gasteiger partial charge in [-0.1, -0.05) is 23.2 Å². The molecule has 0 aromatic heterocycles. The van der Waals surface area contributed by atoms with Crippen LogP contribution in [0.25, 0.3) is 11.1 Å². The summed E-state index contributed by atoms with van der Waals surface area (Å²) in [6.45, 7) is 0. The second-order valence-corrected chi connectivity index (χ2v) is 4.38. The summed E-state index contributed by atoms with van der Waals surface area (Å²) >= 11 is 11.6. The van der Waals surface area contributed by atoms with Crippen LogP contribution >= 0.6 is 23.2 Å². The van der Waals surface area contributed by atoms with Crippen molar-refractivity contribution in [2.45, 2.75) is 0 Å². The van der Waals surface area contributed by atoms with E-state index in [1.807, 2.05) is 0 Å². The zero-order valence-electron chi connectivity index (χ0n) is 8.48. The molecule has 5 heteroatoms. The molecular weight excluding hydrogens is 267 g/mol. The Labute approximate surface area is 107 Å². The highest BCUT2D eigenvalue weighted by Crippen LogP contribution is 2.30. The van der Waals surface area contributed by atoms with Gasteiger partial charge in [0, 0.05) is 21.7 Å². The van der Waals surface area contributed by atoms with Crippen molar-refractivity contribution in [1.82, 2.24) is 0 Å². The molecule has 17 heavy (non-hydrogen) atoms. The normalized spacial score (nSPS) is 10.6. The third kappa shape index (κ3) is 2.51. The van der Waals surface area contributed by atoms with Crippen molar-refractivity contribution in [2.24, 2.45) is 0 Å². The summed E-state index contributed by atoms with van der Waals surface area (Å²) in [4.78, 5) is 0. The number of halogens is 4. The molecule has 0 fully saturated rings. The van der Waals surface area contributed by atoms with E-state index in [1.54, 1.807) is 0 Å². The van der Waals surface area contributed by atoms with E-state index >= 15 is 0 Å². The van der Waals surface area contributed by atoms with Gasteiger partial charge in [0.2, 0.25) is 0 Å². The van der Waals surface area contributed by atoms with Gasteiger partial charge in [-0.15, -0.1) is 0 Å². The largest absolute Gasteiger partial charge is 0.396 e. The second kappa shape index (κ2) is 4.51. The summed E-state index contributed by atoms with van der Waals surface area (Å²) in [5.74, 6) is -1.31. The minimum atomic E-state index is -0.683. The molecule has 1 nitrogen and oxygen atoms in total. The second-order valence-electron chi connectivity index (χ2n) is 3.51. The van der Waals surface area contributed by atoms with E-state index in [9.17, 15) is 8.78 Å². The van der Waals surface area contributed by atoms with Crippen LogP contribution in [0.2, 0.25) is 10.0 Å². The van der Waals surface area contributed by atoms with Crippen molar-refractivity contribution in [3.63, 3.8) is 0 Å². The average molecular weight is 274 g/mol. The van der Waals surface area contributed by atoms with Crippen LogP contribution in [0.5, 0.6) is 0 Å². The number of hydrogen-bond donors (Lipinski definition) is 1. The lowest BCUT2D eigenvalue weighted by Crippen LogP contribution is -1.94. The molecule has 0 aliphatic carbocycles. The van der Waals surface area contributed by atoms with Crippen molar-refractivity contribution in [2.75, 3.05) is 5.73 Å². The molecule has 0 radical (unpaired) electrons. The van der Waals surface area contributed by atoms with E-state index < -0.39 is 11.6 Å². The van der Waals surface area contributed by atoms with E-state index in [2.05, 4.69) is 0 Å². The average Bonchev–Trinajstić information content (AvgIpc) is 2.22. The number of rotatable bonds is 1. The quantitative estimate of drug-likeness (QED) is 0.760. The van der Waals surface area contributed by atoms with Crippen LogP contribution < -0.4 is 5.73 Å². The molecule has 2 aromatic carbocycles. The number of nitrogens with two attached hydrogens (primary N) is 1. The third-order valence-electron chi connectivity index (χ3n) is 2.26. The molecule has 0 saturated carbocycles. The third-order valence-corrected chi connectivity index (χ3v) is 2.70. The highest BCUT2D eigenvalue weighted by atomic mass is 35.5. The Balaban J connectivity index is 2.64. The molecule has 0 spiro atoms. The fourth-order valence-electron chi connectivity index (χ4n) is 1.49. The lowest BCUT2D eigenvalue weighted by Gasteiger charge is -2.07. The first kappa shape index (κ1) is 12.1. The molecule has 0 heterocycles. The minimum Gasteiger partial charge on any atom is -0.396 e. The molecule has 0 atom stereocenters. The first-order chi connectivity index (χ1) is 7.97. The van der Waals surface area contributed by atoms with Crippen molar-refractivity contribution < 1.29 is 8.78 Å². The zero-order chi connectivity index (χ0) is 12.6. The predicted molar refractivity (Wildman–Crippen MR) is 66.2 cm³/mol. The van der Waals surface area contributed by atoms with E-state index in [0.29, 0.717) is 15.6 Å². The van der Waals surface area contributed by atoms with Gasteiger partial charge in [-0.25, -0.2) is 8.78 Å². The van der Waals surface area contributed by atoms with Crippen LogP contribution in [0.1, 0.15) is 0 Å². The molecule has 0 unspecified atom stereocenters.